The van der Waals surface area contributed by atoms with Crippen LogP contribution >= 0.6 is 0 Å². The average Bonchev–Trinajstić information content (AvgIpc) is 2.41. The molecule has 1 saturated heterocycles. The van der Waals surface area contributed by atoms with Crippen LogP contribution in [0.4, 0.5) is 5.69 Å². The van der Waals surface area contributed by atoms with Crippen LogP contribution in [0.1, 0.15) is 30.1 Å². The Kier molecular flexibility index (Phi) is 4.59. The molecule has 1 aromatic carbocycles. The minimum absolute atomic E-state index is 0.236. The molecule has 1 aliphatic rings. The van der Waals surface area contributed by atoms with Crippen molar-refractivity contribution in [1.29, 1.82) is 0 Å². The standard InChI is InChI=1S/C16H24N2O/c1-13-8-10-18(11-9-13)12-16(19)14-4-6-15(7-5-14)17(2)3/h4-7,13H,8-12H2,1-3H3. The molecule has 0 radical (unpaired) electrons. The van der Waals surface area contributed by atoms with Gasteiger partial charge in [0.2, 0.25) is 0 Å². The summed E-state index contributed by atoms with van der Waals surface area (Å²) in [6, 6.07) is 7.88. The number of hydrogen-bond donors (Lipinski definition) is 0. The van der Waals surface area contributed by atoms with Gasteiger partial charge >= 0.3 is 0 Å². The third kappa shape index (κ3) is 3.80. The molecule has 0 saturated carbocycles. The SMILES string of the molecule is CC1CCN(CC(=O)c2ccc(N(C)C)cc2)CC1. The maximum Gasteiger partial charge on any atom is 0.176 e. The maximum absolute atomic E-state index is 12.2. The smallest absolute Gasteiger partial charge is 0.176 e. The summed E-state index contributed by atoms with van der Waals surface area (Å²) in [5.41, 5.74) is 1.95. The van der Waals surface area contributed by atoms with Crippen molar-refractivity contribution in [2.24, 2.45) is 5.92 Å². The number of hydrogen-bond acceptors (Lipinski definition) is 3. The van der Waals surface area contributed by atoms with E-state index in [4.69, 9.17) is 0 Å². The summed E-state index contributed by atoms with van der Waals surface area (Å²) in [7, 11) is 4.01. The van der Waals surface area contributed by atoms with E-state index in [1.807, 2.05) is 43.3 Å². The zero-order valence-corrected chi connectivity index (χ0v) is 12.2. The van der Waals surface area contributed by atoms with E-state index in [1.165, 1.54) is 12.8 Å². The number of likely N-dealkylation sites (tertiary alicyclic amines) is 1. The van der Waals surface area contributed by atoms with Crippen molar-refractivity contribution in [3.63, 3.8) is 0 Å². The van der Waals surface area contributed by atoms with Crippen LogP contribution in [0.15, 0.2) is 24.3 Å². The van der Waals surface area contributed by atoms with Crippen LogP contribution in [0.25, 0.3) is 0 Å². The predicted octanol–water partition coefficient (Wildman–Crippen LogP) is 2.67. The number of nitrogens with zero attached hydrogens (tertiary/aromatic N) is 2. The van der Waals surface area contributed by atoms with Crippen LogP contribution in [0, 0.1) is 5.92 Å². The molecular formula is C16H24N2O. The maximum atomic E-state index is 12.2. The molecule has 0 unspecified atom stereocenters. The number of Topliss-reactive ketones (excluding diaryl/α,β-unsaturated/α-hetero) is 1. The first-order valence-corrected chi connectivity index (χ1v) is 7.09. The molecule has 1 aromatic rings. The molecule has 1 fully saturated rings. The molecule has 0 bridgehead atoms. The largest absolute Gasteiger partial charge is 0.378 e. The Morgan fingerprint density at radius 1 is 1.21 bits per heavy atom. The number of rotatable bonds is 4. The van der Waals surface area contributed by atoms with Crippen molar-refractivity contribution in [1.82, 2.24) is 4.90 Å². The van der Waals surface area contributed by atoms with Gasteiger partial charge in [0.05, 0.1) is 6.54 Å². The highest BCUT2D eigenvalue weighted by Crippen LogP contribution is 2.17. The Bertz CT molecular complexity index is 417. The fourth-order valence-corrected chi connectivity index (χ4v) is 2.46. The fourth-order valence-electron chi connectivity index (χ4n) is 2.46. The molecule has 3 heteroatoms. The molecule has 1 aliphatic heterocycles. The van der Waals surface area contributed by atoms with E-state index in [0.717, 1.165) is 30.3 Å². The number of benzene rings is 1. The normalized spacial score (nSPS) is 17.4. The number of carbonyl (C=O) groups is 1. The molecule has 0 N–H and O–H groups in total. The van der Waals surface area contributed by atoms with Crippen molar-refractivity contribution in [3.8, 4) is 0 Å². The lowest BCUT2D eigenvalue weighted by Gasteiger charge is -2.29. The molecule has 3 nitrogen and oxygen atoms in total. The van der Waals surface area contributed by atoms with Gasteiger partial charge in [-0.3, -0.25) is 9.69 Å². The number of piperidine rings is 1. The third-order valence-corrected chi connectivity index (χ3v) is 3.95. The van der Waals surface area contributed by atoms with Gasteiger partial charge < -0.3 is 4.90 Å². The lowest BCUT2D eigenvalue weighted by molar-refractivity contribution is 0.0900. The van der Waals surface area contributed by atoms with Gasteiger partial charge in [0.25, 0.3) is 0 Å². The highest BCUT2D eigenvalue weighted by Gasteiger charge is 2.18. The van der Waals surface area contributed by atoms with Gasteiger partial charge in [0.1, 0.15) is 0 Å². The second-order valence-corrected chi connectivity index (χ2v) is 5.82. The van der Waals surface area contributed by atoms with Crippen LogP contribution in [0.3, 0.4) is 0 Å². The lowest BCUT2D eigenvalue weighted by atomic mass is 9.98. The molecule has 19 heavy (non-hydrogen) atoms. The van der Waals surface area contributed by atoms with Gasteiger partial charge in [-0.2, -0.15) is 0 Å². The summed E-state index contributed by atoms with van der Waals surface area (Å²) in [5, 5.41) is 0. The fraction of sp³-hybridized carbons (Fsp3) is 0.562. The van der Waals surface area contributed by atoms with Crippen molar-refractivity contribution in [2.45, 2.75) is 19.8 Å². The number of ketones is 1. The third-order valence-electron chi connectivity index (χ3n) is 3.95. The van der Waals surface area contributed by atoms with Crippen molar-refractivity contribution in [2.75, 3.05) is 38.6 Å². The number of anilines is 1. The van der Waals surface area contributed by atoms with Gasteiger partial charge in [0.15, 0.2) is 5.78 Å². The van der Waals surface area contributed by atoms with Crippen LogP contribution in [0.5, 0.6) is 0 Å². The summed E-state index contributed by atoms with van der Waals surface area (Å²) < 4.78 is 0. The molecule has 2 rings (SSSR count). The Morgan fingerprint density at radius 2 is 1.79 bits per heavy atom. The Balaban J connectivity index is 1.92. The first-order chi connectivity index (χ1) is 9.06. The second-order valence-electron chi connectivity index (χ2n) is 5.82. The van der Waals surface area contributed by atoms with E-state index < -0.39 is 0 Å². The van der Waals surface area contributed by atoms with Gasteiger partial charge in [-0.25, -0.2) is 0 Å². The molecule has 0 aliphatic carbocycles. The van der Waals surface area contributed by atoms with Gasteiger partial charge in [-0.05, 0) is 56.1 Å². The molecule has 0 atom stereocenters. The van der Waals surface area contributed by atoms with Crippen LogP contribution in [-0.2, 0) is 0 Å². The van der Waals surface area contributed by atoms with Gasteiger partial charge in [-0.1, -0.05) is 6.92 Å². The van der Waals surface area contributed by atoms with E-state index in [1.54, 1.807) is 0 Å². The predicted molar refractivity (Wildman–Crippen MR) is 79.9 cm³/mol. The highest BCUT2D eigenvalue weighted by atomic mass is 16.1. The lowest BCUT2D eigenvalue weighted by Crippen LogP contribution is -2.36. The number of carbonyl (C=O) groups excluding carboxylic acids is 1. The topological polar surface area (TPSA) is 23.6 Å². The Labute approximate surface area is 116 Å². The molecule has 0 aromatic heterocycles. The zero-order valence-electron chi connectivity index (χ0n) is 12.2. The first kappa shape index (κ1) is 14.1. The van der Waals surface area contributed by atoms with Crippen molar-refractivity contribution >= 4 is 11.5 Å². The van der Waals surface area contributed by atoms with E-state index in [2.05, 4.69) is 11.8 Å². The summed E-state index contributed by atoms with van der Waals surface area (Å²) >= 11 is 0. The summed E-state index contributed by atoms with van der Waals surface area (Å²) in [4.78, 5) is 16.5. The minimum atomic E-state index is 0.236. The van der Waals surface area contributed by atoms with Gasteiger partial charge in [0, 0.05) is 25.3 Å². The Hall–Kier alpha value is -1.35. The van der Waals surface area contributed by atoms with Crippen LogP contribution in [-0.4, -0.2) is 44.4 Å². The minimum Gasteiger partial charge on any atom is -0.378 e. The van der Waals surface area contributed by atoms with E-state index in [0.29, 0.717) is 6.54 Å². The molecule has 1 heterocycles. The molecule has 0 spiro atoms. The summed E-state index contributed by atoms with van der Waals surface area (Å²) in [5.74, 6) is 1.05. The first-order valence-electron chi connectivity index (χ1n) is 7.09. The average molecular weight is 260 g/mol. The highest BCUT2D eigenvalue weighted by molar-refractivity contribution is 5.97. The molecular weight excluding hydrogens is 236 g/mol. The quantitative estimate of drug-likeness (QED) is 0.778. The summed E-state index contributed by atoms with van der Waals surface area (Å²) in [6.45, 7) is 4.97. The van der Waals surface area contributed by atoms with E-state index in [9.17, 15) is 4.79 Å². The van der Waals surface area contributed by atoms with Crippen molar-refractivity contribution < 1.29 is 4.79 Å². The van der Waals surface area contributed by atoms with E-state index >= 15 is 0 Å². The van der Waals surface area contributed by atoms with Crippen molar-refractivity contribution in [3.05, 3.63) is 29.8 Å². The monoisotopic (exact) mass is 260 g/mol. The second kappa shape index (κ2) is 6.20. The summed E-state index contributed by atoms with van der Waals surface area (Å²) in [6.07, 6.45) is 2.43. The molecule has 104 valence electrons. The molecule has 0 amide bonds. The van der Waals surface area contributed by atoms with Gasteiger partial charge in [-0.15, -0.1) is 0 Å². The Morgan fingerprint density at radius 3 is 2.32 bits per heavy atom. The van der Waals surface area contributed by atoms with Crippen LogP contribution in [0.2, 0.25) is 0 Å². The van der Waals surface area contributed by atoms with E-state index in [-0.39, 0.29) is 5.78 Å². The van der Waals surface area contributed by atoms with Crippen LogP contribution < -0.4 is 4.90 Å². The zero-order chi connectivity index (χ0) is 13.8.